The molecule has 0 radical (unpaired) electrons. The van der Waals surface area contributed by atoms with E-state index in [-0.39, 0.29) is 28.0 Å². The minimum Gasteiger partial charge on any atom is -0.493 e. The molecule has 0 saturated heterocycles. The Morgan fingerprint density at radius 2 is 1.82 bits per heavy atom. The van der Waals surface area contributed by atoms with Gasteiger partial charge in [0.15, 0.2) is 15.8 Å². The van der Waals surface area contributed by atoms with Crippen molar-refractivity contribution in [3.05, 3.63) is 63.7 Å². The van der Waals surface area contributed by atoms with Gasteiger partial charge in [-0.3, -0.25) is 25.0 Å². The molecule has 11 nitrogen and oxygen atoms in total. The van der Waals surface area contributed by atoms with Crippen LogP contribution in [0, 0.1) is 10.1 Å². The molecule has 13 heteroatoms. The zero-order chi connectivity index (χ0) is 24.5. The molecule has 1 heterocycles. The van der Waals surface area contributed by atoms with E-state index in [0.717, 1.165) is 16.9 Å². The number of nitrogens with one attached hydrogen (secondary N) is 2. The molecule has 1 aromatic heterocycles. The number of hydrogen-bond donors (Lipinski definition) is 2. The van der Waals surface area contributed by atoms with E-state index in [1.54, 1.807) is 14.2 Å². The van der Waals surface area contributed by atoms with Gasteiger partial charge in [-0.2, -0.15) is 0 Å². The third kappa shape index (κ3) is 6.89. The Bertz CT molecular complexity index is 1170. The number of nitro benzene ring substituents is 1. The maximum atomic E-state index is 12.3. The number of ether oxygens (including phenoxy) is 2. The van der Waals surface area contributed by atoms with Crippen LogP contribution in [0.2, 0.25) is 0 Å². The Labute approximate surface area is 203 Å². The van der Waals surface area contributed by atoms with Gasteiger partial charge in [0.2, 0.25) is 11.0 Å². The smallest absolute Gasteiger partial charge is 0.269 e. The summed E-state index contributed by atoms with van der Waals surface area (Å²) in [5.74, 6) is 0.811. The number of carbonyl (C=O) groups excluding carboxylic acids is 2. The number of aromatic nitrogens is 2. The van der Waals surface area contributed by atoms with E-state index in [9.17, 15) is 19.7 Å². The maximum Gasteiger partial charge on any atom is 0.269 e. The van der Waals surface area contributed by atoms with Gasteiger partial charge >= 0.3 is 0 Å². The molecule has 34 heavy (non-hydrogen) atoms. The zero-order valence-corrected chi connectivity index (χ0v) is 19.9. The van der Waals surface area contributed by atoms with Crippen LogP contribution in [-0.2, 0) is 11.2 Å². The number of carbonyl (C=O) groups is 2. The Kier molecular flexibility index (Phi) is 8.76. The van der Waals surface area contributed by atoms with Crippen LogP contribution in [0.1, 0.15) is 15.9 Å². The number of anilines is 1. The largest absolute Gasteiger partial charge is 0.493 e. The van der Waals surface area contributed by atoms with E-state index in [4.69, 9.17) is 9.47 Å². The van der Waals surface area contributed by atoms with Gasteiger partial charge in [0.05, 0.1) is 24.9 Å². The van der Waals surface area contributed by atoms with Crippen molar-refractivity contribution in [1.82, 2.24) is 15.5 Å². The molecule has 3 aromatic rings. The van der Waals surface area contributed by atoms with Crippen LogP contribution in [-0.4, -0.2) is 53.5 Å². The molecule has 3 rings (SSSR count). The summed E-state index contributed by atoms with van der Waals surface area (Å²) in [5.41, 5.74) is 1.15. The molecule has 2 aromatic carbocycles. The van der Waals surface area contributed by atoms with Crippen LogP contribution in [0.15, 0.2) is 46.8 Å². The average molecular weight is 504 g/mol. The summed E-state index contributed by atoms with van der Waals surface area (Å²) in [6.07, 6.45) is 0.633. The first kappa shape index (κ1) is 24.9. The summed E-state index contributed by atoms with van der Waals surface area (Å²) in [4.78, 5) is 34.6. The molecule has 0 atom stereocenters. The molecule has 0 saturated carbocycles. The van der Waals surface area contributed by atoms with Crippen LogP contribution >= 0.6 is 23.1 Å². The lowest BCUT2D eigenvalue weighted by atomic mass is 10.1. The summed E-state index contributed by atoms with van der Waals surface area (Å²) in [7, 11) is 3.14. The van der Waals surface area contributed by atoms with Crippen molar-refractivity contribution < 1.29 is 24.0 Å². The van der Waals surface area contributed by atoms with Gasteiger partial charge in [-0.1, -0.05) is 29.2 Å². The molecule has 0 unspecified atom stereocenters. The Balaban J connectivity index is 1.42. The van der Waals surface area contributed by atoms with Gasteiger partial charge in [-0.25, -0.2) is 0 Å². The molecule has 0 aliphatic heterocycles. The fraction of sp³-hybridized carbons (Fsp3) is 0.238. The molecule has 2 amide bonds. The Morgan fingerprint density at radius 3 is 2.50 bits per heavy atom. The number of non-ortho nitro benzene ring substituents is 1. The lowest BCUT2D eigenvalue weighted by Gasteiger charge is -2.10. The van der Waals surface area contributed by atoms with Crippen molar-refractivity contribution in [2.45, 2.75) is 10.8 Å². The first-order chi connectivity index (χ1) is 16.4. The molecular formula is C21H21N5O6S2. The highest BCUT2D eigenvalue weighted by molar-refractivity contribution is 8.01. The number of hydrogen-bond acceptors (Lipinski definition) is 10. The lowest BCUT2D eigenvalue weighted by molar-refractivity contribution is -0.384. The monoisotopic (exact) mass is 503 g/mol. The second-order valence-corrected chi connectivity index (χ2v) is 8.91. The number of methoxy groups -OCH3 is 2. The predicted octanol–water partition coefficient (Wildman–Crippen LogP) is 3.17. The van der Waals surface area contributed by atoms with Crippen molar-refractivity contribution in [3.63, 3.8) is 0 Å². The minimum absolute atomic E-state index is 0.104. The second-order valence-electron chi connectivity index (χ2n) is 6.71. The third-order valence-electron chi connectivity index (χ3n) is 4.48. The highest BCUT2D eigenvalue weighted by atomic mass is 32.2. The van der Waals surface area contributed by atoms with Gasteiger partial charge in [0.25, 0.3) is 11.6 Å². The van der Waals surface area contributed by atoms with E-state index in [1.807, 2.05) is 18.2 Å². The van der Waals surface area contributed by atoms with Crippen LogP contribution in [0.3, 0.4) is 0 Å². The van der Waals surface area contributed by atoms with Crippen molar-refractivity contribution in [1.29, 1.82) is 0 Å². The maximum absolute atomic E-state index is 12.3. The third-order valence-corrected chi connectivity index (χ3v) is 6.45. The summed E-state index contributed by atoms with van der Waals surface area (Å²) < 4.78 is 11.0. The van der Waals surface area contributed by atoms with Crippen molar-refractivity contribution >= 4 is 45.7 Å². The fourth-order valence-corrected chi connectivity index (χ4v) is 4.36. The standard InChI is InChI=1S/C21H21N5O6S2/c1-31-16-8-3-13(11-17(16)32-2)9-10-22-18(27)12-33-21-25-24-20(34-21)23-19(28)14-4-6-15(7-5-14)26(29)30/h3-8,11H,9-10,12H2,1-2H3,(H,22,27)(H,23,24,28). The summed E-state index contributed by atoms with van der Waals surface area (Å²) in [6, 6.07) is 10.8. The summed E-state index contributed by atoms with van der Waals surface area (Å²) in [5, 5.41) is 24.3. The van der Waals surface area contributed by atoms with Crippen molar-refractivity contribution in [2.75, 3.05) is 31.8 Å². The summed E-state index contributed by atoms with van der Waals surface area (Å²) in [6.45, 7) is 0.460. The molecule has 2 N–H and O–H groups in total. The topological polar surface area (TPSA) is 146 Å². The van der Waals surface area contributed by atoms with Gasteiger partial charge in [-0.15, -0.1) is 10.2 Å². The molecule has 0 fully saturated rings. The van der Waals surface area contributed by atoms with E-state index < -0.39 is 10.8 Å². The van der Waals surface area contributed by atoms with Crippen LogP contribution < -0.4 is 20.1 Å². The number of amides is 2. The lowest BCUT2D eigenvalue weighted by Crippen LogP contribution is -2.27. The molecule has 0 spiro atoms. The van der Waals surface area contributed by atoms with Gasteiger partial charge < -0.3 is 14.8 Å². The molecule has 0 aliphatic carbocycles. The second kappa shape index (κ2) is 12.0. The van der Waals surface area contributed by atoms with E-state index in [1.165, 1.54) is 36.0 Å². The van der Waals surface area contributed by atoms with Crippen molar-refractivity contribution in [2.24, 2.45) is 0 Å². The predicted molar refractivity (Wildman–Crippen MR) is 128 cm³/mol. The molecular weight excluding hydrogens is 482 g/mol. The van der Waals surface area contributed by atoms with E-state index >= 15 is 0 Å². The van der Waals surface area contributed by atoms with Crippen LogP contribution in [0.25, 0.3) is 0 Å². The van der Waals surface area contributed by atoms with Gasteiger partial charge in [0.1, 0.15) is 0 Å². The van der Waals surface area contributed by atoms with Gasteiger partial charge in [0, 0.05) is 24.2 Å². The number of thioether (sulfide) groups is 1. The van der Waals surface area contributed by atoms with Gasteiger partial charge in [-0.05, 0) is 36.2 Å². The zero-order valence-electron chi connectivity index (χ0n) is 18.3. The normalized spacial score (nSPS) is 10.4. The molecule has 178 valence electrons. The molecule has 0 aliphatic rings. The Morgan fingerprint density at radius 1 is 1.09 bits per heavy atom. The van der Waals surface area contributed by atoms with Crippen molar-refractivity contribution in [3.8, 4) is 11.5 Å². The van der Waals surface area contributed by atoms with Crippen LogP contribution in [0.4, 0.5) is 10.8 Å². The first-order valence-electron chi connectivity index (χ1n) is 9.89. The van der Waals surface area contributed by atoms with E-state index in [2.05, 4.69) is 20.8 Å². The summed E-state index contributed by atoms with van der Waals surface area (Å²) >= 11 is 2.33. The average Bonchev–Trinajstić information content (AvgIpc) is 3.29. The number of rotatable bonds is 11. The molecule has 0 bridgehead atoms. The highest BCUT2D eigenvalue weighted by Gasteiger charge is 2.13. The minimum atomic E-state index is -0.539. The first-order valence-corrected chi connectivity index (χ1v) is 11.7. The Hall–Kier alpha value is -3.71. The number of nitro groups is 1. The highest BCUT2D eigenvalue weighted by Crippen LogP contribution is 2.28. The van der Waals surface area contributed by atoms with Crippen LogP contribution in [0.5, 0.6) is 11.5 Å². The quantitative estimate of drug-likeness (QED) is 0.174. The SMILES string of the molecule is COc1ccc(CCNC(=O)CSc2nnc(NC(=O)c3ccc([N+](=O)[O-])cc3)s2)cc1OC. The van der Waals surface area contributed by atoms with E-state index in [0.29, 0.717) is 28.8 Å². The number of nitrogens with zero attached hydrogens (tertiary/aromatic N) is 3. The number of benzene rings is 2. The fourth-order valence-electron chi connectivity index (χ4n) is 2.78.